The van der Waals surface area contributed by atoms with E-state index in [2.05, 4.69) is 15.3 Å². The number of sulfonamides is 1. The van der Waals surface area contributed by atoms with E-state index in [-0.39, 0.29) is 4.90 Å². The number of hydrogen-bond donors (Lipinski definition) is 2. The molecular formula is C14H11FN4O2S. The lowest BCUT2D eigenvalue weighted by Crippen LogP contribution is -2.11. The molecular weight excluding hydrogens is 307 g/mol. The molecule has 0 radical (unpaired) electrons. The van der Waals surface area contributed by atoms with Gasteiger partial charge in [-0.15, -0.1) is 0 Å². The molecule has 0 unspecified atom stereocenters. The Kier molecular flexibility index (Phi) is 3.47. The van der Waals surface area contributed by atoms with Gasteiger partial charge in [0.15, 0.2) is 0 Å². The molecule has 22 heavy (non-hydrogen) atoms. The standard InChI is InChI=1S/C14H11FN4O2S/c15-9-1-6-13-12(7-9)14(18-8-17-13)19-10-2-4-11(5-3-10)22(16,20)21/h1-8H,(H2,16,20,21)(H,17,18,19). The van der Waals surface area contributed by atoms with Crippen molar-refractivity contribution in [1.29, 1.82) is 0 Å². The topological polar surface area (TPSA) is 98.0 Å². The number of aromatic nitrogens is 2. The number of nitrogens with one attached hydrogen (secondary N) is 1. The molecule has 0 fully saturated rings. The molecule has 3 N–H and O–H groups in total. The summed E-state index contributed by atoms with van der Waals surface area (Å²) in [6, 6.07) is 10.1. The van der Waals surface area contributed by atoms with Gasteiger partial charge in [-0.2, -0.15) is 0 Å². The Hall–Kier alpha value is -2.58. The zero-order valence-corrected chi connectivity index (χ0v) is 12.0. The van der Waals surface area contributed by atoms with Crippen LogP contribution in [0.1, 0.15) is 0 Å². The van der Waals surface area contributed by atoms with Gasteiger partial charge in [0.25, 0.3) is 0 Å². The van der Waals surface area contributed by atoms with E-state index >= 15 is 0 Å². The van der Waals surface area contributed by atoms with E-state index in [1.165, 1.54) is 30.6 Å². The zero-order chi connectivity index (χ0) is 15.7. The maximum atomic E-state index is 13.4. The van der Waals surface area contributed by atoms with Crippen molar-refractivity contribution in [3.63, 3.8) is 0 Å². The predicted molar refractivity (Wildman–Crippen MR) is 80.6 cm³/mol. The summed E-state index contributed by atoms with van der Waals surface area (Å²) in [4.78, 5) is 8.15. The van der Waals surface area contributed by atoms with Crippen LogP contribution in [0.25, 0.3) is 10.9 Å². The Morgan fingerprint density at radius 2 is 1.77 bits per heavy atom. The molecule has 0 atom stereocenters. The quantitative estimate of drug-likeness (QED) is 0.771. The number of anilines is 2. The van der Waals surface area contributed by atoms with Crippen molar-refractivity contribution in [2.75, 3.05) is 5.32 Å². The van der Waals surface area contributed by atoms with Gasteiger partial charge in [-0.05, 0) is 42.5 Å². The van der Waals surface area contributed by atoms with Gasteiger partial charge in [0.2, 0.25) is 10.0 Å². The van der Waals surface area contributed by atoms with Crippen molar-refractivity contribution in [3.8, 4) is 0 Å². The van der Waals surface area contributed by atoms with Crippen molar-refractivity contribution in [2.45, 2.75) is 4.90 Å². The first-order valence-corrected chi connectivity index (χ1v) is 7.78. The molecule has 3 rings (SSSR count). The van der Waals surface area contributed by atoms with E-state index in [1.54, 1.807) is 18.2 Å². The number of hydrogen-bond acceptors (Lipinski definition) is 5. The average molecular weight is 318 g/mol. The molecule has 1 aromatic heterocycles. The van der Waals surface area contributed by atoms with Crippen molar-refractivity contribution >= 4 is 32.4 Å². The SMILES string of the molecule is NS(=O)(=O)c1ccc(Nc2ncnc3ccc(F)cc23)cc1. The molecule has 0 amide bonds. The van der Waals surface area contributed by atoms with Crippen LogP contribution >= 0.6 is 0 Å². The highest BCUT2D eigenvalue weighted by Crippen LogP contribution is 2.24. The second-order valence-corrected chi connectivity index (χ2v) is 6.14. The predicted octanol–water partition coefficient (Wildman–Crippen LogP) is 2.16. The van der Waals surface area contributed by atoms with Gasteiger partial charge in [0.1, 0.15) is 18.0 Å². The number of nitrogens with zero attached hydrogens (tertiary/aromatic N) is 2. The molecule has 0 aliphatic rings. The number of rotatable bonds is 3. The maximum Gasteiger partial charge on any atom is 0.238 e. The van der Waals surface area contributed by atoms with E-state index in [0.29, 0.717) is 22.4 Å². The first kappa shape index (κ1) is 14.4. The minimum Gasteiger partial charge on any atom is -0.340 e. The van der Waals surface area contributed by atoms with Crippen LogP contribution < -0.4 is 10.5 Å². The van der Waals surface area contributed by atoms with Crippen molar-refractivity contribution in [1.82, 2.24) is 9.97 Å². The van der Waals surface area contributed by atoms with Crippen LogP contribution in [0.3, 0.4) is 0 Å². The lowest BCUT2D eigenvalue weighted by molar-refractivity contribution is 0.598. The third kappa shape index (κ3) is 2.87. The summed E-state index contributed by atoms with van der Waals surface area (Å²) in [6.45, 7) is 0. The Morgan fingerprint density at radius 3 is 2.45 bits per heavy atom. The van der Waals surface area contributed by atoms with Crippen LogP contribution in [0.15, 0.2) is 53.7 Å². The Bertz CT molecular complexity index is 943. The van der Waals surface area contributed by atoms with Crippen LogP contribution in [0.4, 0.5) is 15.9 Å². The molecule has 6 nitrogen and oxygen atoms in total. The number of primary sulfonamides is 1. The molecule has 0 saturated carbocycles. The first-order chi connectivity index (χ1) is 10.4. The third-order valence-electron chi connectivity index (χ3n) is 3.04. The number of nitrogens with two attached hydrogens (primary N) is 1. The summed E-state index contributed by atoms with van der Waals surface area (Å²) in [5, 5.41) is 8.57. The molecule has 0 bridgehead atoms. The number of fused-ring (bicyclic) bond motifs is 1. The van der Waals surface area contributed by atoms with Gasteiger partial charge in [-0.3, -0.25) is 0 Å². The van der Waals surface area contributed by atoms with E-state index in [4.69, 9.17) is 5.14 Å². The van der Waals surface area contributed by atoms with Crippen LogP contribution in [0.2, 0.25) is 0 Å². The molecule has 0 aliphatic heterocycles. The van der Waals surface area contributed by atoms with Crippen LogP contribution in [-0.4, -0.2) is 18.4 Å². The first-order valence-electron chi connectivity index (χ1n) is 6.24. The van der Waals surface area contributed by atoms with Gasteiger partial charge in [-0.25, -0.2) is 27.9 Å². The number of benzene rings is 2. The monoisotopic (exact) mass is 318 g/mol. The average Bonchev–Trinajstić information content (AvgIpc) is 2.47. The van der Waals surface area contributed by atoms with E-state index < -0.39 is 15.8 Å². The molecule has 8 heteroatoms. The molecule has 0 saturated heterocycles. The fraction of sp³-hybridized carbons (Fsp3) is 0. The minimum atomic E-state index is -3.74. The van der Waals surface area contributed by atoms with E-state index in [1.807, 2.05) is 0 Å². The second kappa shape index (κ2) is 5.32. The highest BCUT2D eigenvalue weighted by atomic mass is 32.2. The highest BCUT2D eigenvalue weighted by molar-refractivity contribution is 7.89. The van der Waals surface area contributed by atoms with E-state index in [0.717, 1.165) is 0 Å². The smallest absolute Gasteiger partial charge is 0.238 e. The van der Waals surface area contributed by atoms with Gasteiger partial charge >= 0.3 is 0 Å². The van der Waals surface area contributed by atoms with Crippen molar-refractivity contribution in [2.24, 2.45) is 5.14 Å². The van der Waals surface area contributed by atoms with E-state index in [9.17, 15) is 12.8 Å². The van der Waals surface area contributed by atoms with Crippen LogP contribution in [0, 0.1) is 5.82 Å². The molecule has 1 heterocycles. The van der Waals surface area contributed by atoms with Gasteiger partial charge in [0, 0.05) is 11.1 Å². The summed E-state index contributed by atoms with van der Waals surface area (Å²) in [6.07, 6.45) is 1.36. The second-order valence-electron chi connectivity index (χ2n) is 4.58. The highest BCUT2D eigenvalue weighted by Gasteiger charge is 2.08. The maximum absolute atomic E-state index is 13.4. The summed E-state index contributed by atoms with van der Waals surface area (Å²) in [7, 11) is -3.74. The Balaban J connectivity index is 1.98. The molecule has 3 aromatic rings. The normalized spacial score (nSPS) is 11.5. The van der Waals surface area contributed by atoms with Gasteiger partial charge in [-0.1, -0.05) is 0 Å². The zero-order valence-electron chi connectivity index (χ0n) is 11.2. The summed E-state index contributed by atoms with van der Waals surface area (Å²) in [5.74, 6) is 0.0304. The van der Waals surface area contributed by atoms with Gasteiger partial charge in [0.05, 0.1) is 10.4 Å². The number of halogens is 1. The molecule has 0 spiro atoms. The van der Waals surface area contributed by atoms with Crippen molar-refractivity contribution < 1.29 is 12.8 Å². The van der Waals surface area contributed by atoms with Crippen LogP contribution in [-0.2, 0) is 10.0 Å². The fourth-order valence-corrected chi connectivity index (χ4v) is 2.51. The largest absolute Gasteiger partial charge is 0.340 e. The van der Waals surface area contributed by atoms with Crippen LogP contribution in [0.5, 0.6) is 0 Å². The summed E-state index contributed by atoms with van der Waals surface area (Å²) in [5.41, 5.74) is 1.19. The Morgan fingerprint density at radius 1 is 1.05 bits per heavy atom. The van der Waals surface area contributed by atoms with Crippen molar-refractivity contribution in [3.05, 3.63) is 54.6 Å². The fourth-order valence-electron chi connectivity index (χ4n) is 1.99. The Labute approximate surface area is 125 Å². The molecule has 112 valence electrons. The summed E-state index contributed by atoms with van der Waals surface area (Å²) >= 11 is 0. The lowest BCUT2D eigenvalue weighted by Gasteiger charge is -2.08. The van der Waals surface area contributed by atoms with Gasteiger partial charge < -0.3 is 5.32 Å². The lowest BCUT2D eigenvalue weighted by atomic mass is 10.2. The molecule has 2 aromatic carbocycles. The summed E-state index contributed by atoms with van der Waals surface area (Å²) < 4.78 is 35.8. The minimum absolute atomic E-state index is 0.0108. The third-order valence-corrected chi connectivity index (χ3v) is 3.97. The molecule has 0 aliphatic carbocycles.